The van der Waals surface area contributed by atoms with Gasteiger partial charge in [-0.05, 0) is 199 Å². The zero-order valence-electron chi connectivity index (χ0n) is 80.9. The van der Waals surface area contributed by atoms with Crippen LogP contribution in [0.15, 0.2) is 190 Å². The molecule has 6 heterocycles. The van der Waals surface area contributed by atoms with Crippen molar-refractivity contribution in [3.05, 3.63) is 201 Å². The molecule has 0 unspecified atom stereocenters. The van der Waals surface area contributed by atoms with Gasteiger partial charge in [-0.3, -0.25) is 52.5 Å². The van der Waals surface area contributed by atoms with Crippen LogP contribution in [-0.2, 0) is 82.7 Å². The highest BCUT2D eigenvalue weighted by molar-refractivity contribution is 7.91. The number of carbonyl (C=O) groups excluding carboxylic acids is 11. The highest BCUT2D eigenvalue weighted by atomic mass is 32.2. The molecule has 40 nitrogen and oxygen atoms in total. The standard InChI is InChI=1S/2C37H43N5O9S.C24H28N4O6S.C2H3BO2.CH4/c2*1-6-24-20-37(24,34(45)41-52(47,48)27-13-14-27)40-31(43)29-19-26(50-32-28-15-12-25(49-5)18-23(28)16-17-38-32)21-42(29)33(44)30(22-10-8-7-9-11-22)39-35(46)51-36(2,3)4;1-3-15-12-24(15,23(30)28-35(31,32)18-5-6-18)27-21(29)20-11-17(13-26-20)34-22-19-7-4-16(33-2)10-14(19)8-9-25-22;3-2(5)1-4;/h2*6-12,15-18,24,26-27,29-30H,1,13-14,19-21H2,2-5H3,(H,39,46)(H,40,43)(H,41,45);3-4,7-10,15,17-18,20,26H,1,5-6,11-13H2,2H3,(H,27,29)(H,28,30);4H,1H2;1H4/t2*24-,26-,29+,30+,37-;15-,17-,20+,24-;;/m111../s1. The maximum Gasteiger partial charge on any atom is 0.408 e. The van der Waals surface area contributed by atoms with Gasteiger partial charge in [0.2, 0.25) is 65.4 Å². The van der Waals surface area contributed by atoms with Crippen LogP contribution in [-0.4, -0.2) is 256 Å². The van der Waals surface area contributed by atoms with E-state index in [-0.39, 0.29) is 75.9 Å². The summed E-state index contributed by atoms with van der Waals surface area (Å²) in [6, 6.07) is 33.5. The Balaban J connectivity index is 0.000000180. The van der Waals surface area contributed by atoms with Gasteiger partial charge in [-0.2, -0.15) is 0 Å². The third kappa shape index (κ3) is 26.1. The molecule has 44 heteroatoms. The van der Waals surface area contributed by atoms with Crippen LogP contribution in [0.1, 0.15) is 149 Å². The van der Waals surface area contributed by atoms with Crippen molar-refractivity contribution in [1.82, 2.24) is 70.8 Å². The van der Waals surface area contributed by atoms with Crippen LogP contribution in [0.25, 0.3) is 32.3 Å². The van der Waals surface area contributed by atoms with Crippen LogP contribution in [0.3, 0.4) is 0 Å². The number of fused-ring (bicyclic) bond motifs is 3. The topological polar surface area (TPSA) is 538 Å². The molecule has 9 aliphatic rings. The van der Waals surface area contributed by atoms with Crippen molar-refractivity contribution in [2.75, 3.05) is 47.6 Å². The molecule has 10 amide bonds. The van der Waals surface area contributed by atoms with Gasteiger partial charge in [0.1, 0.15) is 93.2 Å². The summed E-state index contributed by atoms with van der Waals surface area (Å²) in [7, 11) is -2.40. The second kappa shape index (κ2) is 44.4. The molecular formula is C101H121BN14O26S3. The first kappa shape index (κ1) is 108. The summed E-state index contributed by atoms with van der Waals surface area (Å²) in [6.45, 7) is 21.1. The fraction of sp³-hybridized carbons (Fsp3) is 0.446. The van der Waals surface area contributed by atoms with Crippen molar-refractivity contribution in [3.8, 4) is 34.9 Å². The predicted octanol–water partition coefficient (Wildman–Crippen LogP) is 7.39. The summed E-state index contributed by atoms with van der Waals surface area (Å²) in [4.78, 5) is 162. The van der Waals surface area contributed by atoms with Gasteiger partial charge in [0.25, 0.3) is 29.5 Å². The number of methoxy groups -OCH3 is 3. The molecule has 17 rings (SSSR count). The number of ether oxygens (including phenoxy) is 8. The number of aromatic nitrogens is 3. The Morgan fingerprint density at radius 2 is 0.779 bits per heavy atom. The molecule has 0 bridgehead atoms. The minimum Gasteiger partial charge on any atom is -0.497 e. The highest BCUT2D eigenvalue weighted by Gasteiger charge is 2.65. The number of likely N-dealkylation sites (tertiary alicyclic amines) is 2. The van der Waals surface area contributed by atoms with Crippen molar-refractivity contribution in [2.24, 2.45) is 17.8 Å². The summed E-state index contributed by atoms with van der Waals surface area (Å²) >= 11 is 0. The average Bonchev–Trinajstić information content (AvgIpc) is 1.57. The third-order valence-corrected chi connectivity index (χ3v) is 31.2. The number of alkyl carbamates (subject to hydrolysis) is 2. The SMILES string of the molecule is C.C=C[C@@H]1C[C@]1(NC(=O)[C@@H]1C[C@@H](Oc2nccc3cc(OC)ccc23)CN1)C(=O)NS(=O)(=O)C1CC1.C=C[C@@H]1C[C@]1(NC(=O)[C@@H]1C[C@@H](Oc2nccc3cc(OC)ccc23)CN1C(=O)[C@@H](NC(=O)OC(C)(C)C)c1ccccc1)C(=O)NS(=O)(=O)C1CC1.C=C[C@@H]1C[C@]1(NC(=O)[C@@H]1C[C@@H](Oc2nccc3cc(OC)ccc23)CN1C(=O)[C@@H](NC(=O)OC(C)(C)C)c1ccccc1)C(=O)NS(=O)(=O)C1CC1.[B]C(=O)CO. The van der Waals surface area contributed by atoms with Gasteiger partial charge in [0.15, 0.2) is 7.85 Å². The van der Waals surface area contributed by atoms with E-state index in [1.54, 1.807) is 185 Å². The summed E-state index contributed by atoms with van der Waals surface area (Å²) in [5.41, 5.74) is -5.94. The number of aliphatic hydroxyl groups excluding tert-OH is 1. The van der Waals surface area contributed by atoms with Crippen LogP contribution in [0.5, 0.6) is 34.9 Å². The number of sulfonamides is 3. The van der Waals surface area contributed by atoms with Gasteiger partial charge >= 0.3 is 12.2 Å². The van der Waals surface area contributed by atoms with Gasteiger partial charge < -0.3 is 89.5 Å². The van der Waals surface area contributed by atoms with Gasteiger partial charge in [0.05, 0.1) is 62.8 Å². The number of carbonyl (C=O) groups is 11. The van der Waals surface area contributed by atoms with Gasteiger partial charge in [-0.25, -0.2) is 49.8 Å². The Morgan fingerprint density at radius 1 is 0.469 bits per heavy atom. The summed E-state index contributed by atoms with van der Waals surface area (Å²) < 4.78 is 127. The summed E-state index contributed by atoms with van der Waals surface area (Å²) in [5.74, 6) is -3.78. The van der Waals surface area contributed by atoms with E-state index in [4.69, 9.17) is 43.0 Å². The lowest BCUT2D eigenvalue weighted by molar-refractivity contribution is -0.141. The van der Waals surface area contributed by atoms with Gasteiger partial charge in [-0.15, -0.1) is 19.7 Å². The molecule has 3 saturated heterocycles. The van der Waals surface area contributed by atoms with E-state index >= 15 is 0 Å². The number of hydrogen-bond acceptors (Lipinski definition) is 30. The third-order valence-electron chi connectivity index (χ3n) is 25.7. The smallest absolute Gasteiger partial charge is 0.408 e. The maximum atomic E-state index is 14.6. The van der Waals surface area contributed by atoms with Crippen LogP contribution in [0.2, 0.25) is 0 Å². The van der Waals surface area contributed by atoms with Gasteiger partial charge in [0, 0.05) is 78.3 Å². The van der Waals surface area contributed by atoms with E-state index in [2.05, 4.69) is 88.6 Å². The molecule has 8 aromatic rings. The lowest BCUT2D eigenvalue weighted by Crippen LogP contribution is -2.57. The van der Waals surface area contributed by atoms with Crippen molar-refractivity contribution in [2.45, 2.75) is 218 Å². The molecule has 14 atom stereocenters. The molecule has 3 aliphatic heterocycles. The number of pyridine rings is 3. The fourth-order valence-electron chi connectivity index (χ4n) is 17.4. The van der Waals surface area contributed by atoms with E-state index in [9.17, 15) is 78.0 Å². The largest absolute Gasteiger partial charge is 0.497 e. The number of rotatable bonds is 34. The fourth-order valence-corrected chi connectivity index (χ4v) is 21.5. The maximum absolute atomic E-state index is 14.6. The highest BCUT2D eigenvalue weighted by Crippen LogP contribution is 2.49. The normalized spacial score (nSPS) is 23.6. The van der Waals surface area contributed by atoms with Crippen LogP contribution in [0.4, 0.5) is 9.59 Å². The number of nitrogens with one attached hydrogen (secondary N) is 9. The molecule has 9 fully saturated rings. The monoisotopic (exact) mass is 2050 g/mol. The van der Waals surface area contributed by atoms with Crippen molar-refractivity contribution < 1.29 is 121 Å². The molecule has 145 heavy (non-hydrogen) atoms. The second-order valence-corrected chi connectivity index (χ2v) is 44.5. The second-order valence-electron chi connectivity index (χ2n) is 38.7. The summed E-state index contributed by atoms with van der Waals surface area (Å²) in [5, 5.41) is 27.4. The van der Waals surface area contributed by atoms with Crippen molar-refractivity contribution in [3.63, 3.8) is 0 Å². The minimum absolute atomic E-state index is 0. The number of benzene rings is 5. The van der Waals surface area contributed by atoms with E-state index < -0.39 is 194 Å². The van der Waals surface area contributed by atoms with Crippen LogP contribution >= 0.6 is 0 Å². The van der Waals surface area contributed by atoms with E-state index in [1.165, 1.54) is 22.0 Å². The number of hydrogen-bond donors (Lipinski definition) is 10. The quantitative estimate of drug-likeness (QED) is 0.0139. The molecule has 0 spiro atoms. The van der Waals surface area contributed by atoms with E-state index in [0.29, 0.717) is 97.2 Å². The van der Waals surface area contributed by atoms with E-state index in [1.807, 2.05) is 36.4 Å². The van der Waals surface area contributed by atoms with Crippen LogP contribution < -0.4 is 74.5 Å². The van der Waals surface area contributed by atoms with Gasteiger partial charge in [-0.1, -0.05) is 86.3 Å². The first-order chi connectivity index (χ1) is 68.3. The molecular weight excluding hydrogens is 1930 g/mol. The summed E-state index contributed by atoms with van der Waals surface area (Å²) in [6.07, 6.45) is 9.72. The number of aliphatic hydroxyl groups is 1. The average molecular weight is 2050 g/mol. The van der Waals surface area contributed by atoms with E-state index in [0.717, 1.165) is 27.3 Å². The molecule has 772 valence electrons. The lowest BCUT2D eigenvalue weighted by atomic mass is 10.0. The Morgan fingerprint density at radius 3 is 1.06 bits per heavy atom. The zero-order valence-corrected chi connectivity index (χ0v) is 83.3. The molecule has 6 aliphatic carbocycles. The Kier molecular flexibility index (Phi) is 33.2. The molecule has 3 aromatic heterocycles. The molecule has 10 N–H and O–H groups in total. The Labute approximate surface area is 841 Å². The first-order valence-corrected chi connectivity index (χ1v) is 51.6. The lowest BCUT2D eigenvalue weighted by Gasteiger charge is -2.30. The Bertz CT molecular complexity index is 6360. The van der Waals surface area contributed by atoms with Crippen LogP contribution in [0, 0.1) is 17.8 Å². The minimum atomic E-state index is -3.91. The molecule has 6 saturated carbocycles. The first-order valence-electron chi connectivity index (χ1n) is 46.9. The number of amides is 10. The Hall–Kier alpha value is -13.8. The van der Waals surface area contributed by atoms with Crippen molar-refractivity contribution in [1.29, 1.82) is 0 Å². The molecule has 2 radical (unpaired) electrons. The number of nitrogens with zero attached hydrogens (tertiary/aromatic N) is 5. The zero-order chi connectivity index (χ0) is 104. The predicted molar refractivity (Wildman–Crippen MR) is 534 cm³/mol. The molecule has 5 aromatic carbocycles. The van der Waals surface area contributed by atoms with Crippen molar-refractivity contribution >= 4 is 135 Å².